The zero-order chi connectivity index (χ0) is 16.4. The Morgan fingerprint density at radius 2 is 1.96 bits per heavy atom. The minimum atomic E-state index is -2.82. The third-order valence-electron chi connectivity index (χ3n) is 3.45. The van der Waals surface area contributed by atoms with E-state index < -0.39 is 17.8 Å². The number of pyridine rings is 1. The van der Waals surface area contributed by atoms with E-state index in [0.29, 0.717) is 17.8 Å². The number of aryl methyl sites for hydroxylation is 1. The summed E-state index contributed by atoms with van der Waals surface area (Å²) >= 11 is 0. The van der Waals surface area contributed by atoms with Gasteiger partial charge < -0.3 is 0 Å². The Morgan fingerprint density at radius 3 is 2.65 bits per heavy atom. The summed E-state index contributed by atoms with van der Waals surface area (Å²) in [4.78, 5) is 4.12. The molecular formula is C17H14F3N3. The highest BCUT2D eigenvalue weighted by Crippen LogP contribution is 2.26. The number of aromatic nitrogens is 3. The Morgan fingerprint density at radius 1 is 1.13 bits per heavy atom. The van der Waals surface area contributed by atoms with Gasteiger partial charge in [-0.15, -0.1) is 0 Å². The van der Waals surface area contributed by atoms with E-state index in [1.54, 1.807) is 29.3 Å². The van der Waals surface area contributed by atoms with E-state index >= 15 is 0 Å². The van der Waals surface area contributed by atoms with Crippen molar-refractivity contribution in [1.82, 2.24) is 14.8 Å². The van der Waals surface area contributed by atoms with E-state index in [1.807, 2.05) is 13.0 Å². The first-order chi connectivity index (χ1) is 11.0. The molecule has 3 nitrogen and oxygen atoms in total. The maximum absolute atomic E-state index is 13.7. The Bertz CT molecular complexity index is 827. The Kier molecular flexibility index (Phi) is 4.14. The second-order valence-corrected chi connectivity index (χ2v) is 5.31. The van der Waals surface area contributed by atoms with Crippen LogP contribution in [0.1, 0.15) is 23.1 Å². The maximum Gasteiger partial charge on any atom is 0.266 e. The summed E-state index contributed by atoms with van der Waals surface area (Å²) in [5, 5.41) is 4.36. The molecule has 0 radical (unpaired) electrons. The molecule has 2 aromatic heterocycles. The lowest BCUT2D eigenvalue weighted by Gasteiger charge is -2.04. The van der Waals surface area contributed by atoms with Gasteiger partial charge in [-0.25, -0.2) is 13.2 Å². The molecule has 0 saturated heterocycles. The minimum Gasteiger partial charge on any atom is -0.268 e. The number of nitrogens with zero attached hydrogens (tertiary/aromatic N) is 3. The normalized spacial score (nSPS) is 11.2. The summed E-state index contributed by atoms with van der Waals surface area (Å²) in [6.45, 7) is 2.49. The van der Waals surface area contributed by atoms with Crippen LogP contribution in [-0.2, 0) is 6.54 Å². The minimum absolute atomic E-state index is 0.466. The van der Waals surface area contributed by atoms with Crippen molar-refractivity contribution in [3.8, 4) is 11.3 Å². The van der Waals surface area contributed by atoms with Crippen molar-refractivity contribution in [2.45, 2.75) is 19.9 Å². The van der Waals surface area contributed by atoms with Crippen molar-refractivity contribution in [2.24, 2.45) is 0 Å². The summed E-state index contributed by atoms with van der Waals surface area (Å²) in [7, 11) is 0. The average Bonchev–Trinajstić information content (AvgIpc) is 2.95. The lowest BCUT2D eigenvalue weighted by molar-refractivity contribution is 0.146. The third-order valence-corrected chi connectivity index (χ3v) is 3.45. The highest BCUT2D eigenvalue weighted by atomic mass is 19.3. The predicted molar refractivity (Wildman–Crippen MR) is 80.7 cm³/mol. The lowest BCUT2D eigenvalue weighted by Crippen LogP contribution is -2.01. The van der Waals surface area contributed by atoms with Gasteiger partial charge in [0.05, 0.1) is 17.8 Å². The van der Waals surface area contributed by atoms with Gasteiger partial charge in [0, 0.05) is 24.2 Å². The molecule has 0 aliphatic carbocycles. The quantitative estimate of drug-likeness (QED) is 0.715. The molecule has 0 spiro atoms. The van der Waals surface area contributed by atoms with Crippen LogP contribution in [0.3, 0.4) is 0 Å². The number of halogens is 3. The van der Waals surface area contributed by atoms with Gasteiger partial charge in [0.1, 0.15) is 5.82 Å². The summed E-state index contributed by atoms with van der Waals surface area (Å²) in [6, 6.07) is 7.36. The highest BCUT2D eigenvalue weighted by Gasteiger charge is 2.14. The fraction of sp³-hybridized carbons (Fsp3) is 0.176. The molecule has 0 aliphatic heterocycles. The standard InChI is InChI=1S/C17H14F3N3/c1-11-6-12(9-21-8-11)10-23-5-4-16(22-23)13-2-3-14(17(19)20)15(18)7-13/h2-9,17H,10H2,1H3. The largest absolute Gasteiger partial charge is 0.268 e. The second kappa shape index (κ2) is 6.24. The van der Waals surface area contributed by atoms with Crippen LogP contribution in [-0.4, -0.2) is 14.8 Å². The third kappa shape index (κ3) is 3.41. The fourth-order valence-electron chi connectivity index (χ4n) is 2.36. The fourth-order valence-corrected chi connectivity index (χ4v) is 2.36. The molecule has 3 rings (SSSR count). The molecule has 0 fully saturated rings. The monoisotopic (exact) mass is 317 g/mol. The average molecular weight is 317 g/mol. The molecule has 0 saturated carbocycles. The van der Waals surface area contributed by atoms with Gasteiger partial charge in [-0.1, -0.05) is 12.1 Å². The lowest BCUT2D eigenvalue weighted by atomic mass is 10.1. The van der Waals surface area contributed by atoms with E-state index in [4.69, 9.17) is 0 Å². The summed E-state index contributed by atoms with van der Waals surface area (Å²) in [5.74, 6) is -0.921. The smallest absolute Gasteiger partial charge is 0.266 e. The van der Waals surface area contributed by atoms with Crippen LogP contribution in [0.5, 0.6) is 0 Å². The molecule has 0 aliphatic rings. The summed E-state index contributed by atoms with van der Waals surface area (Å²) in [5.41, 5.74) is 2.45. The van der Waals surface area contributed by atoms with Gasteiger partial charge >= 0.3 is 0 Å². The number of hydrogen-bond donors (Lipinski definition) is 0. The molecule has 23 heavy (non-hydrogen) atoms. The van der Waals surface area contributed by atoms with Crippen LogP contribution in [0.15, 0.2) is 48.9 Å². The number of rotatable bonds is 4. The van der Waals surface area contributed by atoms with E-state index in [-0.39, 0.29) is 0 Å². The van der Waals surface area contributed by atoms with E-state index in [0.717, 1.165) is 23.3 Å². The molecule has 0 bridgehead atoms. The first kappa shape index (κ1) is 15.3. The molecule has 6 heteroatoms. The van der Waals surface area contributed by atoms with Gasteiger partial charge in [-0.3, -0.25) is 9.67 Å². The molecule has 2 heterocycles. The first-order valence-electron chi connectivity index (χ1n) is 7.05. The van der Waals surface area contributed by atoms with Crippen molar-refractivity contribution < 1.29 is 13.2 Å². The second-order valence-electron chi connectivity index (χ2n) is 5.31. The number of alkyl halides is 2. The molecular weight excluding hydrogens is 303 g/mol. The van der Waals surface area contributed by atoms with Gasteiger partial charge in [0.2, 0.25) is 0 Å². The molecule has 0 unspecified atom stereocenters. The van der Waals surface area contributed by atoms with Gasteiger partial charge in [0.25, 0.3) is 6.43 Å². The Balaban J connectivity index is 1.83. The molecule has 0 N–H and O–H groups in total. The van der Waals surface area contributed by atoms with Crippen LogP contribution in [0.4, 0.5) is 13.2 Å². The van der Waals surface area contributed by atoms with E-state index in [2.05, 4.69) is 10.1 Å². The van der Waals surface area contributed by atoms with Crippen LogP contribution in [0, 0.1) is 12.7 Å². The Hall–Kier alpha value is -2.63. The SMILES string of the molecule is Cc1cncc(Cn2ccc(-c3ccc(C(F)F)c(F)c3)n2)c1. The first-order valence-corrected chi connectivity index (χ1v) is 7.05. The van der Waals surface area contributed by atoms with Crippen molar-refractivity contribution in [3.05, 3.63) is 71.4 Å². The van der Waals surface area contributed by atoms with Crippen molar-refractivity contribution >= 4 is 0 Å². The van der Waals surface area contributed by atoms with Gasteiger partial charge in [0.15, 0.2) is 0 Å². The van der Waals surface area contributed by atoms with Crippen LogP contribution < -0.4 is 0 Å². The zero-order valence-electron chi connectivity index (χ0n) is 12.4. The number of hydrogen-bond acceptors (Lipinski definition) is 2. The van der Waals surface area contributed by atoms with E-state index in [9.17, 15) is 13.2 Å². The van der Waals surface area contributed by atoms with Crippen LogP contribution in [0.2, 0.25) is 0 Å². The van der Waals surface area contributed by atoms with Crippen molar-refractivity contribution in [3.63, 3.8) is 0 Å². The summed E-state index contributed by atoms with van der Waals surface area (Å²) < 4.78 is 40.5. The van der Waals surface area contributed by atoms with Crippen molar-refractivity contribution in [1.29, 1.82) is 0 Å². The molecule has 3 aromatic rings. The molecule has 0 amide bonds. The van der Waals surface area contributed by atoms with E-state index in [1.165, 1.54) is 6.07 Å². The predicted octanol–water partition coefficient (Wildman–Crippen LogP) is 4.38. The summed E-state index contributed by atoms with van der Waals surface area (Å²) in [6.07, 6.45) is 2.46. The van der Waals surface area contributed by atoms with Gasteiger partial charge in [-0.05, 0) is 36.2 Å². The molecule has 0 atom stereocenters. The molecule has 1 aromatic carbocycles. The van der Waals surface area contributed by atoms with Crippen LogP contribution >= 0.6 is 0 Å². The zero-order valence-corrected chi connectivity index (χ0v) is 12.4. The van der Waals surface area contributed by atoms with Crippen LogP contribution in [0.25, 0.3) is 11.3 Å². The van der Waals surface area contributed by atoms with Gasteiger partial charge in [-0.2, -0.15) is 5.10 Å². The maximum atomic E-state index is 13.7. The highest BCUT2D eigenvalue weighted by molar-refractivity contribution is 5.59. The molecule has 118 valence electrons. The number of benzene rings is 1. The Labute approximate surface area is 131 Å². The van der Waals surface area contributed by atoms with Crippen molar-refractivity contribution in [2.75, 3.05) is 0 Å². The topological polar surface area (TPSA) is 30.7 Å².